The first-order valence-corrected chi connectivity index (χ1v) is 10.1. The monoisotopic (exact) mass is 416 g/mol. The molecular formula is C21H25ClN4O3. The van der Waals surface area contributed by atoms with Crippen molar-refractivity contribution in [3.63, 3.8) is 0 Å². The largest absolute Gasteiger partial charge is 0.506 e. The number of guanidine groups is 1. The van der Waals surface area contributed by atoms with Crippen LogP contribution in [0.25, 0.3) is 0 Å². The van der Waals surface area contributed by atoms with E-state index in [1.807, 2.05) is 30.3 Å². The lowest BCUT2D eigenvalue weighted by Crippen LogP contribution is -2.52. The van der Waals surface area contributed by atoms with Crippen LogP contribution in [0.15, 0.2) is 41.4 Å². The molecule has 0 unspecified atom stereocenters. The number of rotatable bonds is 3. The van der Waals surface area contributed by atoms with E-state index in [0.717, 1.165) is 43.4 Å². The van der Waals surface area contributed by atoms with E-state index >= 15 is 0 Å². The number of hydrogen-bond acceptors (Lipinski definition) is 5. The quantitative estimate of drug-likeness (QED) is 0.592. The summed E-state index contributed by atoms with van der Waals surface area (Å²) in [5, 5.41) is 14.0. The molecule has 1 fully saturated rings. The van der Waals surface area contributed by atoms with Crippen molar-refractivity contribution in [1.82, 2.24) is 10.2 Å². The number of phenols is 1. The Labute approximate surface area is 175 Å². The van der Waals surface area contributed by atoms with Gasteiger partial charge in [-0.1, -0.05) is 23.7 Å². The van der Waals surface area contributed by atoms with Crippen molar-refractivity contribution in [3.8, 4) is 17.2 Å². The van der Waals surface area contributed by atoms with Crippen LogP contribution in [0.2, 0.25) is 5.02 Å². The van der Waals surface area contributed by atoms with Crippen LogP contribution in [0, 0.1) is 0 Å². The highest BCUT2D eigenvalue weighted by Gasteiger charge is 2.22. The molecule has 0 bridgehead atoms. The Hall–Kier alpha value is -2.80. The predicted molar refractivity (Wildman–Crippen MR) is 115 cm³/mol. The van der Waals surface area contributed by atoms with Crippen molar-refractivity contribution in [2.45, 2.75) is 6.54 Å². The first-order chi connectivity index (χ1) is 14.2. The van der Waals surface area contributed by atoms with Gasteiger partial charge in [0.15, 0.2) is 17.5 Å². The standard InChI is InChI=1S/C21H25ClN4O3/c1-23-21(24-14-15-12-16(22)20-19(13-15)28-10-11-29-20)26-8-6-25(7-9-26)17-4-2-3-5-18(17)27/h2-5,12-13,27H,6-11,14H2,1H3,(H,23,24). The second kappa shape index (κ2) is 8.69. The average molecular weight is 417 g/mol. The molecule has 4 rings (SSSR count). The molecule has 7 nitrogen and oxygen atoms in total. The van der Waals surface area contributed by atoms with E-state index in [1.165, 1.54) is 0 Å². The van der Waals surface area contributed by atoms with E-state index in [1.54, 1.807) is 13.1 Å². The molecule has 0 atom stereocenters. The van der Waals surface area contributed by atoms with Crippen molar-refractivity contribution in [2.75, 3.05) is 51.3 Å². The Morgan fingerprint density at radius 2 is 1.90 bits per heavy atom. The summed E-state index contributed by atoms with van der Waals surface area (Å²) >= 11 is 6.33. The fourth-order valence-corrected chi connectivity index (χ4v) is 3.96. The second-order valence-electron chi connectivity index (χ2n) is 6.97. The molecule has 0 amide bonds. The van der Waals surface area contributed by atoms with Crippen molar-refractivity contribution in [3.05, 3.63) is 47.0 Å². The molecule has 2 aromatic carbocycles. The van der Waals surface area contributed by atoms with E-state index < -0.39 is 0 Å². The molecule has 29 heavy (non-hydrogen) atoms. The predicted octanol–water partition coefficient (Wildman–Crippen LogP) is 2.71. The van der Waals surface area contributed by atoms with E-state index in [9.17, 15) is 5.11 Å². The van der Waals surface area contributed by atoms with Gasteiger partial charge < -0.3 is 29.7 Å². The number of nitrogens with one attached hydrogen (secondary N) is 1. The molecule has 1 saturated heterocycles. The SMILES string of the molecule is CN=C(NCc1cc(Cl)c2c(c1)OCCO2)N1CCN(c2ccccc2O)CC1. The van der Waals surface area contributed by atoms with Crippen molar-refractivity contribution < 1.29 is 14.6 Å². The minimum atomic E-state index is 0.318. The number of benzene rings is 2. The molecular weight excluding hydrogens is 392 g/mol. The van der Waals surface area contributed by atoms with Crippen LogP contribution in [0.3, 0.4) is 0 Å². The topological polar surface area (TPSA) is 69.6 Å². The van der Waals surface area contributed by atoms with Crippen LogP contribution in [0.4, 0.5) is 5.69 Å². The Balaban J connectivity index is 1.36. The molecule has 2 aliphatic rings. The van der Waals surface area contributed by atoms with Gasteiger partial charge in [0, 0.05) is 39.8 Å². The number of nitrogens with zero attached hydrogens (tertiary/aromatic N) is 3. The van der Waals surface area contributed by atoms with Crippen molar-refractivity contribution >= 4 is 23.2 Å². The van der Waals surface area contributed by atoms with Crippen LogP contribution in [-0.2, 0) is 6.54 Å². The van der Waals surface area contributed by atoms with E-state index in [0.29, 0.717) is 42.0 Å². The van der Waals surface area contributed by atoms with Crippen LogP contribution >= 0.6 is 11.6 Å². The summed E-state index contributed by atoms with van der Waals surface area (Å²) in [6.45, 7) is 4.89. The summed E-state index contributed by atoms with van der Waals surface area (Å²) in [6, 6.07) is 11.3. The molecule has 2 aliphatic heterocycles. The number of hydrogen-bond donors (Lipinski definition) is 2. The molecule has 8 heteroatoms. The molecule has 0 spiro atoms. The third-order valence-corrected chi connectivity index (χ3v) is 5.40. The Morgan fingerprint density at radius 1 is 1.14 bits per heavy atom. The lowest BCUT2D eigenvalue weighted by atomic mass is 10.2. The summed E-state index contributed by atoms with van der Waals surface area (Å²) in [4.78, 5) is 8.84. The lowest BCUT2D eigenvalue weighted by Gasteiger charge is -2.37. The van der Waals surface area contributed by atoms with Crippen molar-refractivity contribution in [2.24, 2.45) is 4.99 Å². The number of piperazine rings is 1. The molecule has 0 aliphatic carbocycles. The lowest BCUT2D eigenvalue weighted by molar-refractivity contribution is 0.171. The van der Waals surface area contributed by atoms with Gasteiger partial charge in [-0.2, -0.15) is 0 Å². The maximum absolute atomic E-state index is 10.1. The first-order valence-electron chi connectivity index (χ1n) is 9.72. The molecule has 0 saturated carbocycles. The van der Waals surface area contributed by atoms with Gasteiger partial charge in [0.1, 0.15) is 19.0 Å². The summed E-state index contributed by atoms with van der Waals surface area (Å²) in [6.07, 6.45) is 0. The number of anilines is 1. The number of para-hydroxylation sites is 2. The number of phenolic OH excluding ortho intramolecular Hbond substituents is 1. The fourth-order valence-electron chi connectivity index (χ4n) is 3.67. The van der Waals surface area contributed by atoms with Crippen LogP contribution in [-0.4, -0.2) is 62.4 Å². The van der Waals surface area contributed by atoms with Gasteiger partial charge in [-0.05, 0) is 29.8 Å². The van der Waals surface area contributed by atoms with Gasteiger partial charge in [-0.3, -0.25) is 4.99 Å². The van der Waals surface area contributed by atoms with E-state index in [4.69, 9.17) is 21.1 Å². The minimum absolute atomic E-state index is 0.318. The highest BCUT2D eigenvalue weighted by Crippen LogP contribution is 2.38. The van der Waals surface area contributed by atoms with E-state index in [-0.39, 0.29) is 0 Å². The average Bonchev–Trinajstić information content (AvgIpc) is 2.75. The van der Waals surface area contributed by atoms with Crippen LogP contribution in [0.1, 0.15) is 5.56 Å². The van der Waals surface area contributed by atoms with E-state index in [2.05, 4.69) is 20.1 Å². The van der Waals surface area contributed by atoms with Gasteiger partial charge in [-0.25, -0.2) is 0 Å². The summed E-state index contributed by atoms with van der Waals surface area (Å²) < 4.78 is 11.2. The number of aliphatic imine (C=N–C) groups is 1. The maximum Gasteiger partial charge on any atom is 0.194 e. The Morgan fingerprint density at radius 3 is 2.66 bits per heavy atom. The number of aromatic hydroxyl groups is 1. The minimum Gasteiger partial charge on any atom is -0.506 e. The maximum atomic E-state index is 10.1. The van der Waals surface area contributed by atoms with Gasteiger partial charge in [0.25, 0.3) is 0 Å². The molecule has 0 radical (unpaired) electrons. The first kappa shape index (κ1) is 19.5. The van der Waals surface area contributed by atoms with Gasteiger partial charge in [0.2, 0.25) is 0 Å². The summed E-state index contributed by atoms with van der Waals surface area (Å²) in [7, 11) is 1.79. The van der Waals surface area contributed by atoms with Crippen LogP contribution in [0.5, 0.6) is 17.2 Å². The zero-order valence-corrected chi connectivity index (χ0v) is 17.2. The molecule has 154 valence electrons. The third-order valence-electron chi connectivity index (χ3n) is 5.12. The Kier molecular flexibility index (Phi) is 5.85. The zero-order valence-electron chi connectivity index (χ0n) is 16.4. The number of ether oxygens (including phenoxy) is 2. The number of halogens is 1. The van der Waals surface area contributed by atoms with Crippen LogP contribution < -0.4 is 19.7 Å². The van der Waals surface area contributed by atoms with Gasteiger partial charge in [-0.15, -0.1) is 0 Å². The summed E-state index contributed by atoms with van der Waals surface area (Å²) in [5.74, 6) is 2.46. The highest BCUT2D eigenvalue weighted by molar-refractivity contribution is 6.32. The molecule has 2 aromatic rings. The smallest absolute Gasteiger partial charge is 0.194 e. The molecule has 2 N–H and O–H groups in total. The third kappa shape index (κ3) is 4.29. The zero-order chi connectivity index (χ0) is 20.2. The molecule has 2 heterocycles. The second-order valence-corrected chi connectivity index (χ2v) is 7.37. The summed E-state index contributed by atoms with van der Waals surface area (Å²) in [5.41, 5.74) is 1.88. The fraction of sp³-hybridized carbons (Fsp3) is 0.381. The van der Waals surface area contributed by atoms with Gasteiger partial charge in [0.05, 0.1) is 10.7 Å². The molecule has 0 aromatic heterocycles. The normalized spacial score (nSPS) is 16.7. The van der Waals surface area contributed by atoms with Gasteiger partial charge >= 0.3 is 0 Å². The highest BCUT2D eigenvalue weighted by atomic mass is 35.5. The Bertz CT molecular complexity index is 897. The number of fused-ring (bicyclic) bond motifs is 1. The van der Waals surface area contributed by atoms with Crippen molar-refractivity contribution in [1.29, 1.82) is 0 Å².